The maximum Gasteiger partial charge on any atom is 0.337 e. The lowest BCUT2D eigenvalue weighted by molar-refractivity contribution is 0.0600. The molecule has 0 bridgehead atoms. The van der Waals surface area contributed by atoms with Crippen LogP contribution in [0.25, 0.3) is 0 Å². The molecule has 32 heavy (non-hydrogen) atoms. The standard InChI is InChI=1S/C23H22N2O6S/c1-3-31-20-12-14-21(15-13-20)32(28,29)25-19-10-4-16(5-11-19)22(26)24-18-8-6-17(7-9-18)23(27)30-2/h4-15,25H,3H2,1-2H3,(H,24,26). The molecule has 3 rings (SSSR count). The zero-order valence-corrected chi connectivity index (χ0v) is 18.3. The molecule has 0 radical (unpaired) electrons. The number of anilines is 2. The molecule has 0 saturated carbocycles. The number of methoxy groups -OCH3 is 1. The summed E-state index contributed by atoms with van der Waals surface area (Å²) in [5.41, 5.74) is 1.53. The van der Waals surface area contributed by atoms with Crippen molar-refractivity contribution in [2.45, 2.75) is 11.8 Å². The number of carbonyl (C=O) groups excluding carboxylic acids is 2. The van der Waals surface area contributed by atoms with Crippen LogP contribution in [0.5, 0.6) is 5.75 Å². The summed E-state index contributed by atoms with van der Waals surface area (Å²) in [6, 6.07) is 18.4. The molecule has 2 N–H and O–H groups in total. The number of esters is 1. The highest BCUT2D eigenvalue weighted by molar-refractivity contribution is 7.92. The minimum Gasteiger partial charge on any atom is -0.494 e. The molecule has 0 unspecified atom stereocenters. The van der Waals surface area contributed by atoms with Gasteiger partial charge in [-0.3, -0.25) is 9.52 Å². The van der Waals surface area contributed by atoms with Gasteiger partial charge < -0.3 is 14.8 Å². The van der Waals surface area contributed by atoms with Crippen LogP contribution in [-0.4, -0.2) is 34.0 Å². The zero-order chi connectivity index (χ0) is 23.1. The Morgan fingerprint density at radius 2 is 1.38 bits per heavy atom. The number of sulfonamides is 1. The normalized spacial score (nSPS) is 10.8. The molecule has 8 nitrogen and oxygen atoms in total. The molecule has 166 valence electrons. The predicted octanol–water partition coefficient (Wildman–Crippen LogP) is 3.93. The van der Waals surface area contributed by atoms with E-state index in [0.29, 0.717) is 34.9 Å². The van der Waals surface area contributed by atoms with Gasteiger partial charge in [-0.25, -0.2) is 13.2 Å². The Kier molecular flexibility index (Phi) is 7.11. The number of hydrogen-bond donors (Lipinski definition) is 2. The highest BCUT2D eigenvalue weighted by atomic mass is 32.2. The van der Waals surface area contributed by atoms with Crippen LogP contribution in [0.15, 0.2) is 77.7 Å². The lowest BCUT2D eigenvalue weighted by Gasteiger charge is -2.10. The Bertz CT molecular complexity index is 1190. The molecule has 0 atom stereocenters. The summed E-state index contributed by atoms with van der Waals surface area (Å²) < 4.78 is 37.6. The lowest BCUT2D eigenvalue weighted by atomic mass is 10.1. The fourth-order valence-electron chi connectivity index (χ4n) is 2.80. The average Bonchev–Trinajstić information content (AvgIpc) is 2.80. The summed E-state index contributed by atoms with van der Waals surface area (Å²) in [7, 11) is -2.49. The molecule has 0 aromatic heterocycles. The predicted molar refractivity (Wildman–Crippen MR) is 121 cm³/mol. The van der Waals surface area contributed by atoms with Crippen molar-refractivity contribution >= 4 is 33.3 Å². The first kappa shape index (κ1) is 22.8. The van der Waals surface area contributed by atoms with Crippen LogP contribution in [0.1, 0.15) is 27.6 Å². The van der Waals surface area contributed by atoms with E-state index < -0.39 is 16.0 Å². The summed E-state index contributed by atoms with van der Waals surface area (Å²) >= 11 is 0. The van der Waals surface area contributed by atoms with Gasteiger partial charge in [0.05, 0.1) is 24.2 Å². The molecule has 0 saturated heterocycles. The molecular formula is C23H22N2O6S. The Hall–Kier alpha value is -3.85. The Labute approximate surface area is 186 Å². The Morgan fingerprint density at radius 3 is 1.94 bits per heavy atom. The van der Waals surface area contributed by atoms with Crippen LogP contribution >= 0.6 is 0 Å². The van der Waals surface area contributed by atoms with E-state index in [-0.39, 0.29) is 10.8 Å². The first-order valence-corrected chi connectivity index (χ1v) is 11.2. The van der Waals surface area contributed by atoms with Crippen LogP contribution in [0.3, 0.4) is 0 Å². The second kappa shape index (κ2) is 9.97. The van der Waals surface area contributed by atoms with Gasteiger partial charge in [-0.2, -0.15) is 0 Å². The maximum atomic E-state index is 12.6. The molecule has 9 heteroatoms. The van der Waals surface area contributed by atoms with E-state index >= 15 is 0 Å². The highest BCUT2D eigenvalue weighted by Crippen LogP contribution is 2.20. The van der Waals surface area contributed by atoms with Gasteiger partial charge in [0.2, 0.25) is 0 Å². The Morgan fingerprint density at radius 1 is 0.812 bits per heavy atom. The molecule has 0 spiro atoms. The first-order valence-electron chi connectivity index (χ1n) is 9.68. The van der Waals surface area contributed by atoms with Gasteiger partial charge in [0.25, 0.3) is 15.9 Å². The largest absolute Gasteiger partial charge is 0.494 e. The third kappa shape index (κ3) is 5.64. The number of ether oxygens (including phenoxy) is 2. The van der Waals surface area contributed by atoms with Gasteiger partial charge in [0.1, 0.15) is 5.75 Å². The summed E-state index contributed by atoms with van der Waals surface area (Å²) in [6.07, 6.45) is 0. The lowest BCUT2D eigenvalue weighted by Crippen LogP contribution is -2.14. The van der Waals surface area contributed by atoms with Crippen molar-refractivity contribution in [2.24, 2.45) is 0 Å². The van der Waals surface area contributed by atoms with Crippen LogP contribution in [0.4, 0.5) is 11.4 Å². The van der Waals surface area contributed by atoms with Crippen molar-refractivity contribution in [3.8, 4) is 5.75 Å². The molecular weight excluding hydrogens is 432 g/mol. The molecule has 0 aliphatic rings. The second-order valence-electron chi connectivity index (χ2n) is 6.61. The topological polar surface area (TPSA) is 111 Å². The summed E-state index contributed by atoms with van der Waals surface area (Å²) in [6.45, 7) is 2.33. The molecule has 0 aliphatic heterocycles. The zero-order valence-electron chi connectivity index (χ0n) is 17.5. The number of nitrogens with one attached hydrogen (secondary N) is 2. The fourth-order valence-corrected chi connectivity index (χ4v) is 3.85. The van der Waals surface area contributed by atoms with Crippen LogP contribution in [-0.2, 0) is 14.8 Å². The molecule has 3 aromatic carbocycles. The number of amides is 1. The summed E-state index contributed by atoms with van der Waals surface area (Å²) in [5, 5.41) is 2.71. The van der Waals surface area contributed by atoms with Crippen molar-refractivity contribution in [3.63, 3.8) is 0 Å². The third-order valence-electron chi connectivity index (χ3n) is 4.41. The molecule has 0 heterocycles. The quantitative estimate of drug-likeness (QED) is 0.499. The van der Waals surface area contributed by atoms with Gasteiger partial charge in [0, 0.05) is 16.9 Å². The van der Waals surface area contributed by atoms with E-state index in [1.54, 1.807) is 36.4 Å². The molecule has 3 aromatic rings. The first-order chi connectivity index (χ1) is 15.3. The second-order valence-corrected chi connectivity index (χ2v) is 8.29. The van der Waals surface area contributed by atoms with Gasteiger partial charge in [-0.05, 0) is 79.7 Å². The summed E-state index contributed by atoms with van der Waals surface area (Å²) in [5.74, 6) is -0.260. The van der Waals surface area contributed by atoms with Crippen molar-refractivity contribution in [1.82, 2.24) is 0 Å². The van der Waals surface area contributed by atoms with Gasteiger partial charge in [0.15, 0.2) is 0 Å². The van der Waals surface area contributed by atoms with Crippen LogP contribution < -0.4 is 14.8 Å². The molecule has 1 amide bonds. The van der Waals surface area contributed by atoms with E-state index in [2.05, 4.69) is 14.8 Å². The van der Waals surface area contributed by atoms with E-state index in [4.69, 9.17) is 4.74 Å². The average molecular weight is 455 g/mol. The van der Waals surface area contributed by atoms with Crippen molar-refractivity contribution in [1.29, 1.82) is 0 Å². The van der Waals surface area contributed by atoms with E-state index in [0.717, 1.165) is 0 Å². The number of benzene rings is 3. The highest BCUT2D eigenvalue weighted by Gasteiger charge is 2.15. The van der Waals surface area contributed by atoms with E-state index in [1.807, 2.05) is 6.92 Å². The van der Waals surface area contributed by atoms with Gasteiger partial charge >= 0.3 is 5.97 Å². The van der Waals surface area contributed by atoms with Crippen LogP contribution in [0.2, 0.25) is 0 Å². The smallest absolute Gasteiger partial charge is 0.337 e. The number of carbonyl (C=O) groups is 2. The number of rotatable bonds is 8. The van der Waals surface area contributed by atoms with Gasteiger partial charge in [-0.15, -0.1) is 0 Å². The fraction of sp³-hybridized carbons (Fsp3) is 0.130. The minimum absolute atomic E-state index is 0.0955. The minimum atomic E-state index is -3.78. The SMILES string of the molecule is CCOc1ccc(S(=O)(=O)Nc2ccc(C(=O)Nc3ccc(C(=O)OC)cc3)cc2)cc1. The number of hydrogen-bond acceptors (Lipinski definition) is 6. The maximum absolute atomic E-state index is 12.6. The third-order valence-corrected chi connectivity index (χ3v) is 5.81. The molecule has 0 aliphatic carbocycles. The van der Waals surface area contributed by atoms with Crippen LogP contribution in [0, 0.1) is 0 Å². The van der Waals surface area contributed by atoms with E-state index in [1.165, 1.54) is 43.5 Å². The molecule has 0 fully saturated rings. The van der Waals surface area contributed by atoms with Crippen molar-refractivity contribution in [2.75, 3.05) is 23.8 Å². The Balaban J connectivity index is 1.65. The van der Waals surface area contributed by atoms with E-state index in [9.17, 15) is 18.0 Å². The van der Waals surface area contributed by atoms with Crippen molar-refractivity contribution in [3.05, 3.63) is 83.9 Å². The van der Waals surface area contributed by atoms with Crippen molar-refractivity contribution < 1.29 is 27.5 Å². The monoisotopic (exact) mass is 454 g/mol. The van der Waals surface area contributed by atoms with Gasteiger partial charge in [-0.1, -0.05) is 0 Å². The summed E-state index contributed by atoms with van der Waals surface area (Å²) in [4.78, 5) is 24.0.